The number of alkyl halides is 2. The maximum absolute atomic E-state index is 12.5. The van der Waals surface area contributed by atoms with Gasteiger partial charge in [0.05, 0.1) is 12.8 Å². The van der Waals surface area contributed by atoms with Crippen molar-refractivity contribution in [1.29, 1.82) is 0 Å². The Kier molecular flexibility index (Phi) is 3.77. The summed E-state index contributed by atoms with van der Waals surface area (Å²) < 4.78 is 29.5. The Bertz CT molecular complexity index is 398. The molecule has 82 valence electrons. The zero-order chi connectivity index (χ0) is 11.6. The number of carbonyl (C=O) groups excluding carboxylic acids is 1. The van der Waals surface area contributed by atoms with E-state index in [0.29, 0.717) is 0 Å². The van der Waals surface area contributed by atoms with Crippen LogP contribution in [-0.2, 0) is 4.74 Å². The summed E-state index contributed by atoms with van der Waals surface area (Å²) in [6.45, 7) is 0. The summed E-state index contributed by atoms with van der Waals surface area (Å²) in [5.74, 6) is -0.769. The molecule has 0 amide bonds. The molecule has 1 heterocycles. The fourth-order valence-electron chi connectivity index (χ4n) is 0.932. The summed E-state index contributed by atoms with van der Waals surface area (Å²) in [5, 5.41) is 0. The molecule has 7 heteroatoms. The van der Waals surface area contributed by atoms with Crippen LogP contribution in [0.15, 0.2) is 6.07 Å². The van der Waals surface area contributed by atoms with Crippen molar-refractivity contribution < 1.29 is 18.3 Å². The van der Waals surface area contributed by atoms with Crippen molar-refractivity contribution in [3.63, 3.8) is 0 Å². The third-order valence-corrected chi connectivity index (χ3v) is 2.50. The van der Waals surface area contributed by atoms with Crippen LogP contribution in [0.4, 0.5) is 14.5 Å². The fourth-order valence-corrected chi connectivity index (χ4v) is 1.50. The van der Waals surface area contributed by atoms with Gasteiger partial charge in [-0.05, 0) is 28.7 Å². The molecule has 0 saturated heterocycles. The molecule has 0 aromatic carbocycles. The smallest absolute Gasteiger partial charge is 0.356 e. The second-order valence-corrected chi connectivity index (χ2v) is 3.62. The Labute approximate surface area is 98.0 Å². The minimum absolute atomic E-state index is 0.113. The number of halogens is 3. The first-order valence-corrected chi connectivity index (χ1v) is 4.87. The predicted octanol–water partition coefficient (Wildman–Crippen LogP) is 1.99. The SMILES string of the molecule is COC(=O)c1cc(C(F)F)c(N)c(I)n1. The molecule has 0 fully saturated rings. The van der Waals surface area contributed by atoms with Crippen LogP contribution in [-0.4, -0.2) is 18.1 Å². The lowest BCUT2D eigenvalue weighted by Crippen LogP contribution is -2.09. The van der Waals surface area contributed by atoms with Gasteiger partial charge in [0.2, 0.25) is 0 Å². The highest BCUT2D eigenvalue weighted by molar-refractivity contribution is 14.1. The number of ether oxygens (including phenoxy) is 1. The number of hydrogen-bond acceptors (Lipinski definition) is 4. The molecule has 0 aliphatic carbocycles. The lowest BCUT2D eigenvalue weighted by atomic mass is 10.2. The number of nitrogens with two attached hydrogens (primary N) is 1. The van der Waals surface area contributed by atoms with E-state index in [0.717, 1.165) is 13.2 Å². The van der Waals surface area contributed by atoms with Crippen LogP contribution >= 0.6 is 22.6 Å². The molecule has 0 atom stereocenters. The molecule has 1 rings (SSSR count). The van der Waals surface area contributed by atoms with E-state index < -0.39 is 18.0 Å². The van der Waals surface area contributed by atoms with Gasteiger partial charge < -0.3 is 10.5 Å². The molecule has 0 bridgehead atoms. The molecule has 0 aliphatic rings. The number of carbonyl (C=O) groups is 1. The Morgan fingerprint density at radius 3 is 2.73 bits per heavy atom. The van der Waals surface area contributed by atoms with Crippen molar-refractivity contribution in [2.75, 3.05) is 12.8 Å². The average Bonchev–Trinajstić information content (AvgIpc) is 2.20. The number of rotatable bonds is 2. The Hall–Kier alpha value is -0.990. The monoisotopic (exact) mass is 328 g/mol. The van der Waals surface area contributed by atoms with Gasteiger partial charge in [0.25, 0.3) is 6.43 Å². The first-order valence-electron chi connectivity index (χ1n) is 3.79. The molecular weight excluding hydrogens is 321 g/mol. The van der Waals surface area contributed by atoms with Gasteiger partial charge >= 0.3 is 5.97 Å². The van der Waals surface area contributed by atoms with Crippen LogP contribution in [0.5, 0.6) is 0 Å². The maximum Gasteiger partial charge on any atom is 0.356 e. The number of hydrogen-bond donors (Lipinski definition) is 1. The van der Waals surface area contributed by atoms with Gasteiger partial charge in [-0.2, -0.15) is 0 Å². The Morgan fingerprint density at radius 1 is 1.67 bits per heavy atom. The molecule has 1 aromatic heterocycles. The van der Waals surface area contributed by atoms with Gasteiger partial charge in [0.15, 0.2) is 0 Å². The predicted molar refractivity (Wildman–Crippen MR) is 57.7 cm³/mol. The van der Waals surface area contributed by atoms with Gasteiger partial charge in [0, 0.05) is 5.56 Å². The fraction of sp³-hybridized carbons (Fsp3) is 0.250. The molecule has 0 unspecified atom stereocenters. The van der Waals surface area contributed by atoms with Crippen molar-refractivity contribution >= 4 is 34.2 Å². The molecule has 0 saturated carbocycles. The zero-order valence-corrected chi connectivity index (χ0v) is 9.79. The van der Waals surface area contributed by atoms with Crippen LogP contribution in [0.3, 0.4) is 0 Å². The van der Waals surface area contributed by atoms with E-state index in [2.05, 4.69) is 9.72 Å². The standard InChI is InChI=1S/C8H7F2IN2O2/c1-15-8(14)4-2-3(6(9)10)5(12)7(11)13-4/h2,6H,12H2,1H3. The summed E-state index contributed by atoms with van der Waals surface area (Å²) in [7, 11) is 1.15. The average molecular weight is 328 g/mol. The van der Waals surface area contributed by atoms with E-state index in [4.69, 9.17) is 5.73 Å². The highest BCUT2D eigenvalue weighted by atomic mass is 127. The topological polar surface area (TPSA) is 65.2 Å². The number of aromatic nitrogens is 1. The largest absolute Gasteiger partial charge is 0.464 e. The Morgan fingerprint density at radius 2 is 2.27 bits per heavy atom. The minimum atomic E-state index is -2.75. The van der Waals surface area contributed by atoms with Crippen LogP contribution < -0.4 is 5.73 Å². The van der Waals surface area contributed by atoms with Crippen molar-refractivity contribution in [1.82, 2.24) is 4.98 Å². The number of pyridine rings is 1. The summed E-state index contributed by atoms with van der Waals surface area (Å²) in [6.07, 6.45) is -2.75. The Balaban J connectivity index is 3.29. The summed E-state index contributed by atoms with van der Waals surface area (Å²) in [6, 6.07) is 0.938. The minimum Gasteiger partial charge on any atom is -0.464 e. The summed E-state index contributed by atoms with van der Waals surface area (Å²) >= 11 is 1.68. The van der Waals surface area contributed by atoms with E-state index in [1.165, 1.54) is 0 Å². The van der Waals surface area contributed by atoms with Gasteiger partial charge in [0.1, 0.15) is 9.39 Å². The molecule has 1 aromatic rings. The number of anilines is 1. The van der Waals surface area contributed by atoms with Gasteiger partial charge in [-0.1, -0.05) is 0 Å². The second-order valence-electron chi connectivity index (χ2n) is 2.59. The number of nitrogen functional groups attached to an aromatic ring is 1. The third-order valence-electron chi connectivity index (χ3n) is 1.67. The van der Waals surface area contributed by atoms with Crippen LogP contribution in [0.2, 0.25) is 0 Å². The van der Waals surface area contributed by atoms with Gasteiger partial charge in [-0.25, -0.2) is 18.6 Å². The molecule has 15 heavy (non-hydrogen) atoms. The van der Waals surface area contributed by atoms with E-state index in [1.807, 2.05) is 0 Å². The van der Waals surface area contributed by atoms with Gasteiger partial charge in [-0.15, -0.1) is 0 Å². The van der Waals surface area contributed by atoms with Crippen molar-refractivity contribution in [3.8, 4) is 0 Å². The number of esters is 1. The molecule has 4 nitrogen and oxygen atoms in total. The number of methoxy groups -OCH3 is 1. The molecule has 2 N–H and O–H groups in total. The van der Waals surface area contributed by atoms with E-state index in [1.54, 1.807) is 22.6 Å². The van der Waals surface area contributed by atoms with E-state index >= 15 is 0 Å². The van der Waals surface area contributed by atoms with E-state index in [9.17, 15) is 13.6 Å². The van der Waals surface area contributed by atoms with Crippen molar-refractivity contribution in [3.05, 3.63) is 21.0 Å². The number of nitrogens with zero attached hydrogens (tertiary/aromatic N) is 1. The second kappa shape index (κ2) is 4.69. The lowest BCUT2D eigenvalue weighted by molar-refractivity contribution is 0.0593. The van der Waals surface area contributed by atoms with Crippen LogP contribution in [0.25, 0.3) is 0 Å². The first-order chi connectivity index (χ1) is 6.97. The van der Waals surface area contributed by atoms with E-state index in [-0.39, 0.29) is 15.1 Å². The highest BCUT2D eigenvalue weighted by Gasteiger charge is 2.19. The van der Waals surface area contributed by atoms with Crippen molar-refractivity contribution in [2.45, 2.75) is 6.43 Å². The molecular formula is C8H7F2IN2O2. The first kappa shape index (κ1) is 12.1. The third kappa shape index (κ3) is 2.52. The summed E-state index contributed by atoms with van der Waals surface area (Å²) in [4.78, 5) is 14.8. The normalized spacial score (nSPS) is 10.5. The van der Waals surface area contributed by atoms with Crippen LogP contribution in [0.1, 0.15) is 22.5 Å². The lowest BCUT2D eigenvalue weighted by Gasteiger charge is -2.08. The van der Waals surface area contributed by atoms with Crippen molar-refractivity contribution in [2.24, 2.45) is 0 Å². The van der Waals surface area contributed by atoms with Gasteiger partial charge in [-0.3, -0.25) is 0 Å². The quantitative estimate of drug-likeness (QED) is 0.512. The zero-order valence-electron chi connectivity index (χ0n) is 7.63. The highest BCUT2D eigenvalue weighted by Crippen LogP contribution is 2.28. The molecule has 0 radical (unpaired) electrons. The summed E-state index contributed by atoms with van der Waals surface area (Å²) in [5.41, 5.74) is 4.70. The molecule has 0 aliphatic heterocycles. The maximum atomic E-state index is 12.5. The molecule has 0 spiro atoms. The van der Waals surface area contributed by atoms with Crippen LogP contribution in [0, 0.1) is 3.70 Å².